The van der Waals surface area contributed by atoms with Gasteiger partial charge in [0.1, 0.15) is 11.4 Å². The third kappa shape index (κ3) is 4.45. The van der Waals surface area contributed by atoms with E-state index in [4.69, 9.17) is 5.73 Å². The van der Waals surface area contributed by atoms with E-state index in [-0.39, 0.29) is 22.1 Å². The van der Waals surface area contributed by atoms with Gasteiger partial charge in [0, 0.05) is 18.8 Å². The van der Waals surface area contributed by atoms with E-state index in [1.54, 1.807) is 20.1 Å². The number of halogens is 1. The summed E-state index contributed by atoms with van der Waals surface area (Å²) in [7, 11) is 0. The van der Waals surface area contributed by atoms with Gasteiger partial charge in [-0.2, -0.15) is 0 Å². The number of nitrogens with one attached hydrogen (secondary N) is 2. The van der Waals surface area contributed by atoms with Crippen molar-refractivity contribution in [1.29, 1.82) is 0 Å². The van der Waals surface area contributed by atoms with Crippen LogP contribution in [0.3, 0.4) is 0 Å². The molecule has 0 spiro atoms. The van der Waals surface area contributed by atoms with Crippen molar-refractivity contribution >= 4 is 35.1 Å². The van der Waals surface area contributed by atoms with Crippen molar-refractivity contribution in [3.8, 4) is 0 Å². The van der Waals surface area contributed by atoms with Gasteiger partial charge in [-0.25, -0.2) is 9.37 Å². The number of benzene rings is 1. The molecule has 0 bridgehead atoms. The van der Waals surface area contributed by atoms with E-state index in [1.807, 2.05) is 0 Å². The molecule has 27 heavy (non-hydrogen) atoms. The van der Waals surface area contributed by atoms with E-state index in [0.717, 1.165) is 6.07 Å². The molecule has 4 N–H and O–H groups in total. The van der Waals surface area contributed by atoms with Gasteiger partial charge >= 0.3 is 0 Å². The molecule has 0 aliphatic rings. The summed E-state index contributed by atoms with van der Waals surface area (Å²) in [5.41, 5.74) is 4.40. The first-order valence-corrected chi connectivity index (χ1v) is 9.38. The lowest BCUT2D eigenvalue weighted by molar-refractivity contribution is 0.0768. The number of thioether (sulfide) groups is 1. The molecule has 0 saturated carbocycles. The van der Waals surface area contributed by atoms with Crippen LogP contribution in [0.15, 0.2) is 28.2 Å². The Morgan fingerprint density at radius 1 is 1.33 bits per heavy atom. The molecular formula is C17H20FN5O3S. The molecular weight excluding hydrogens is 373 g/mol. The molecule has 2 rings (SSSR count). The number of primary amides is 1. The van der Waals surface area contributed by atoms with Crippen LogP contribution in [-0.2, 0) is 0 Å². The molecule has 144 valence electrons. The molecule has 0 aliphatic carbocycles. The summed E-state index contributed by atoms with van der Waals surface area (Å²) in [6, 6.07) is 3.81. The normalized spacial score (nSPS) is 10.5. The van der Waals surface area contributed by atoms with Gasteiger partial charge < -0.3 is 20.9 Å². The third-order valence-corrected chi connectivity index (χ3v) is 4.43. The molecule has 2 amide bonds. The predicted octanol–water partition coefficient (Wildman–Crippen LogP) is 1.96. The number of amides is 2. The maximum Gasteiger partial charge on any atom is 0.266 e. The van der Waals surface area contributed by atoms with Crippen molar-refractivity contribution in [3.05, 3.63) is 45.5 Å². The molecule has 1 aromatic heterocycles. The SMILES string of the molecule is CCN(CC)C(=O)c1cc(Nc2nc(SC)[nH]c(=O)c2C(N)=O)ccc1F. The second-order valence-corrected chi connectivity index (χ2v) is 6.26. The van der Waals surface area contributed by atoms with Gasteiger partial charge in [-0.15, -0.1) is 0 Å². The van der Waals surface area contributed by atoms with Crippen LogP contribution in [0.2, 0.25) is 0 Å². The van der Waals surface area contributed by atoms with Gasteiger partial charge in [0.05, 0.1) is 5.56 Å². The molecule has 0 aliphatic heterocycles. The number of carbonyl (C=O) groups is 2. The van der Waals surface area contributed by atoms with Crippen molar-refractivity contribution in [3.63, 3.8) is 0 Å². The van der Waals surface area contributed by atoms with Gasteiger partial charge in [-0.05, 0) is 38.3 Å². The van der Waals surface area contributed by atoms with Crippen molar-refractivity contribution in [2.24, 2.45) is 5.73 Å². The van der Waals surface area contributed by atoms with Crippen molar-refractivity contribution < 1.29 is 14.0 Å². The van der Waals surface area contributed by atoms with Crippen LogP contribution in [0.25, 0.3) is 0 Å². The molecule has 0 unspecified atom stereocenters. The monoisotopic (exact) mass is 393 g/mol. The highest BCUT2D eigenvalue weighted by atomic mass is 32.2. The summed E-state index contributed by atoms with van der Waals surface area (Å²) in [5, 5.41) is 3.06. The number of hydrogen-bond acceptors (Lipinski definition) is 6. The van der Waals surface area contributed by atoms with Crippen LogP contribution in [0.5, 0.6) is 0 Å². The average Bonchev–Trinajstić information content (AvgIpc) is 2.63. The van der Waals surface area contributed by atoms with Gasteiger partial charge in [0.2, 0.25) is 0 Å². The summed E-state index contributed by atoms with van der Waals surface area (Å²) >= 11 is 1.17. The number of carbonyl (C=O) groups excluding carboxylic acids is 2. The first-order valence-electron chi connectivity index (χ1n) is 8.16. The number of nitrogens with zero attached hydrogens (tertiary/aromatic N) is 2. The molecule has 1 aromatic carbocycles. The van der Waals surface area contributed by atoms with Crippen LogP contribution in [0.4, 0.5) is 15.9 Å². The fourth-order valence-electron chi connectivity index (χ4n) is 2.45. The zero-order chi connectivity index (χ0) is 20.1. The Morgan fingerprint density at radius 3 is 2.56 bits per heavy atom. The van der Waals surface area contributed by atoms with Gasteiger partial charge in [-0.1, -0.05) is 11.8 Å². The lowest BCUT2D eigenvalue weighted by Gasteiger charge is -2.19. The quantitative estimate of drug-likeness (QED) is 0.488. The Balaban J connectivity index is 2.49. The Morgan fingerprint density at radius 2 is 2.00 bits per heavy atom. The number of aromatic amines is 1. The summed E-state index contributed by atoms with van der Waals surface area (Å²) in [5.74, 6) is -2.15. The molecule has 1 heterocycles. The molecule has 0 atom stereocenters. The molecule has 2 aromatic rings. The number of rotatable bonds is 7. The van der Waals surface area contributed by atoms with Crippen LogP contribution in [0.1, 0.15) is 34.6 Å². The summed E-state index contributed by atoms with van der Waals surface area (Å²) < 4.78 is 14.2. The van der Waals surface area contributed by atoms with E-state index in [2.05, 4.69) is 15.3 Å². The summed E-state index contributed by atoms with van der Waals surface area (Å²) in [6.45, 7) is 4.46. The maximum absolute atomic E-state index is 14.2. The number of nitrogens with two attached hydrogens (primary N) is 1. The minimum atomic E-state index is -0.958. The maximum atomic E-state index is 14.2. The fraction of sp³-hybridized carbons (Fsp3) is 0.294. The zero-order valence-electron chi connectivity index (χ0n) is 15.1. The molecule has 0 saturated heterocycles. The fourth-order valence-corrected chi connectivity index (χ4v) is 2.83. The van der Waals surface area contributed by atoms with Gasteiger partial charge in [-0.3, -0.25) is 14.4 Å². The second-order valence-electron chi connectivity index (χ2n) is 5.46. The topological polar surface area (TPSA) is 121 Å². The van der Waals surface area contributed by atoms with E-state index >= 15 is 0 Å². The number of anilines is 2. The van der Waals surface area contributed by atoms with Crippen molar-refractivity contribution in [1.82, 2.24) is 14.9 Å². The Hall–Kier alpha value is -2.88. The molecule has 8 nitrogen and oxygen atoms in total. The van der Waals surface area contributed by atoms with Crippen molar-refractivity contribution in [2.75, 3.05) is 24.7 Å². The minimum absolute atomic E-state index is 0.0663. The Labute approximate surface area is 159 Å². The smallest absolute Gasteiger partial charge is 0.266 e. The highest BCUT2D eigenvalue weighted by Gasteiger charge is 2.20. The molecule has 0 fully saturated rings. The van der Waals surface area contributed by atoms with Crippen LogP contribution in [0, 0.1) is 5.82 Å². The largest absolute Gasteiger partial charge is 0.365 e. The first kappa shape index (κ1) is 20.4. The number of aromatic nitrogens is 2. The van der Waals surface area contributed by atoms with E-state index in [9.17, 15) is 18.8 Å². The van der Waals surface area contributed by atoms with Gasteiger partial charge in [0.25, 0.3) is 17.4 Å². The third-order valence-electron chi connectivity index (χ3n) is 3.85. The van der Waals surface area contributed by atoms with E-state index in [1.165, 1.54) is 28.8 Å². The van der Waals surface area contributed by atoms with Crippen LogP contribution >= 0.6 is 11.8 Å². The standard InChI is InChI=1S/C17H20FN5O3S/c1-4-23(5-2)16(26)10-8-9(6-7-11(10)18)20-14-12(13(19)24)15(25)22-17(21-14)27-3/h6-8H,4-5H2,1-3H3,(H2,19,24)(H2,20,21,22,25). The average molecular weight is 393 g/mol. The van der Waals surface area contributed by atoms with E-state index < -0.39 is 23.2 Å². The lowest BCUT2D eigenvalue weighted by atomic mass is 10.1. The second kappa shape index (κ2) is 8.67. The first-order chi connectivity index (χ1) is 12.8. The Kier molecular flexibility index (Phi) is 6.56. The highest BCUT2D eigenvalue weighted by Crippen LogP contribution is 2.22. The number of hydrogen-bond donors (Lipinski definition) is 3. The molecule has 10 heteroatoms. The zero-order valence-corrected chi connectivity index (χ0v) is 15.9. The highest BCUT2D eigenvalue weighted by molar-refractivity contribution is 7.98. The summed E-state index contributed by atoms with van der Waals surface area (Å²) in [6.07, 6.45) is 1.70. The Bertz CT molecular complexity index is 927. The number of H-pyrrole nitrogens is 1. The lowest BCUT2D eigenvalue weighted by Crippen LogP contribution is -2.31. The van der Waals surface area contributed by atoms with E-state index in [0.29, 0.717) is 18.8 Å². The van der Waals surface area contributed by atoms with Gasteiger partial charge in [0.15, 0.2) is 11.0 Å². The predicted molar refractivity (Wildman–Crippen MR) is 102 cm³/mol. The summed E-state index contributed by atoms with van der Waals surface area (Å²) in [4.78, 5) is 44.2. The van der Waals surface area contributed by atoms with Crippen molar-refractivity contribution in [2.45, 2.75) is 19.0 Å². The van der Waals surface area contributed by atoms with Crippen LogP contribution < -0.4 is 16.6 Å². The minimum Gasteiger partial charge on any atom is -0.365 e. The van der Waals surface area contributed by atoms with Crippen LogP contribution in [-0.4, -0.2) is 46.0 Å². The molecule has 0 radical (unpaired) electrons.